The van der Waals surface area contributed by atoms with E-state index in [0.29, 0.717) is 11.3 Å². The number of carbonyl (C=O) groups is 1. The zero-order valence-electron chi connectivity index (χ0n) is 13.4. The smallest absolute Gasteiger partial charge is 0.280 e. The van der Waals surface area contributed by atoms with E-state index in [1.165, 1.54) is 12.1 Å². The van der Waals surface area contributed by atoms with Gasteiger partial charge in [-0.25, -0.2) is 0 Å². The Morgan fingerprint density at radius 1 is 1.32 bits per heavy atom. The summed E-state index contributed by atoms with van der Waals surface area (Å²) in [5.74, 6) is -3.04. The number of ketones is 1. The molecule has 1 N–H and O–H groups in total. The van der Waals surface area contributed by atoms with Gasteiger partial charge in [0.15, 0.2) is 5.78 Å². The number of hydrogen-bond acceptors (Lipinski definition) is 5. The maximum absolute atomic E-state index is 12.9. The fourth-order valence-electron chi connectivity index (χ4n) is 3.65. The highest BCUT2D eigenvalue weighted by Gasteiger charge is 2.62. The normalized spacial score (nSPS) is 23.2. The Balaban J connectivity index is 1.96. The first-order chi connectivity index (χ1) is 11.8. The van der Waals surface area contributed by atoms with E-state index in [-0.39, 0.29) is 27.8 Å². The van der Waals surface area contributed by atoms with Crippen molar-refractivity contribution in [3.8, 4) is 5.75 Å². The van der Waals surface area contributed by atoms with Gasteiger partial charge in [-0.15, -0.1) is 0 Å². The van der Waals surface area contributed by atoms with Crippen molar-refractivity contribution in [2.45, 2.75) is 31.5 Å². The van der Waals surface area contributed by atoms with E-state index in [2.05, 4.69) is 0 Å². The fourth-order valence-corrected chi connectivity index (χ4v) is 3.91. The summed E-state index contributed by atoms with van der Waals surface area (Å²) in [5, 5.41) is 22.6. The Morgan fingerprint density at radius 2 is 2.04 bits per heavy atom. The van der Waals surface area contributed by atoms with Crippen LogP contribution in [0.25, 0.3) is 0 Å². The average molecular weight is 360 g/mol. The number of fused-ring (bicyclic) bond motifs is 5. The van der Waals surface area contributed by atoms with Crippen LogP contribution in [0.1, 0.15) is 52.7 Å². The van der Waals surface area contributed by atoms with Gasteiger partial charge in [0.05, 0.1) is 15.5 Å². The second-order valence-corrected chi connectivity index (χ2v) is 7.03. The summed E-state index contributed by atoms with van der Waals surface area (Å²) in [7, 11) is 0. The first kappa shape index (κ1) is 16.1. The van der Waals surface area contributed by atoms with Crippen molar-refractivity contribution < 1.29 is 19.6 Å². The van der Waals surface area contributed by atoms with Crippen LogP contribution < -0.4 is 4.74 Å². The first-order valence-electron chi connectivity index (χ1n) is 7.82. The molecule has 0 fully saturated rings. The van der Waals surface area contributed by atoms with Crippen molar-refractivity contribution in [2.24, 2.45) is 0 Å². The van der Waals surface area contributed by atoms with Crippen LogP contribution in [0, 0.1) is 10.1 Å². The van der Waals surface area contributed by atoms with Gasteiger partial charge < -0.3 is 9.84 Å². The molecule has 6 nitrogen and oxygen atoms in total. The number of halogens is 1. The third-order valence-electron chi connectivity index (χ3n) is 4.87. The molecule has 7 heteroatoms. The lowest BCUT2D eigenvalue weighted by atomic mass is 9.90. The maximum Gasteiger partial charge on any atom is 0.280 e. The third-order valence-corrected chi connectivity index (χ3v) is 5.18. The number of nitro benzene ring substituents is 1. The van der Waals surface area contributed by atoms with E-state index in [1.54, 1.807) is 12.1 Å². The number of Topliss-reactive ketones (excluding diaryl/α,β-unsaturated/α-hetero) is 1. The van der Waals surface area contributed by atoms with Gasteiger partial charge in [-0.05, 0) is 23.6 Å². The van der Waals surface area contributed by atoms with Crippen LogP contribution >= 0.6 is 11.6 Å². The zero-order valence-corrected chi connectivity index (χ0v) is 14.2. The van der Waals surface area contributed by atoms with Gasteiger partial charge in [0.25, 0.3) is 11.5 Å². The van der Waals surface area contributed by atoms with Gasteiger partial charge in [-0.1, -0.05) is 37.6 Å². The molecule has 2 aromatic rings. The largest absolute Gasteiger partial charge is 0.456 e. The van der Waals surface area contributed by atoms with Gasteiger partial charge in [-0.2, -0.15) is 0 Å². The molecule has 0 saturated heterocycles. The molecule has 1 aliphatic heterocycles. The van der Waals surface area contributed by atoms with Crippen LogP contribution in [-0.2, 0) is 5.79 Å². The number of benzene rings is 2. The van der Waals surface area contributed by atoms with Crippen LogP contribution in [0.5, 0.6) is 5.75 Å². The highest BCUT2D eigenvalue weighted by Crippen LogP contribution is 2.58. The zero-order chi connectivity index (χ0) is 18.1. The summed E-state index contributed by atoms with van der Waals surface area (Å²) in [6, 6.07) is 7.84. The minimum absolute atomic E-state index is 0.0399. The summed E-state index contributed by atoms with van der Waals surface area (Å²) >= 11 is 6.10. The molecule has 2 atom stereocenters. The standard InChI is InChI=1S/C18H14ClNO5/c1-8(2)9-3-4-10-13(7-9)25-18(22)15(10)17(21)14-11(19)5-6-12(16(14)18)20(23)24/h3-8,15,22H,1-2H3. The Labute approximate surface area is 148 Å². The third kappa shape index (κ3) is 1.98. The molecule has 2 aliphatic rings. The molecule has 0 radical (unpaired) electrons. The molecule has 0 bridgehead atoms. The van der Waals surface area contributed by atoms with Gasteiger partial charge in [0, 0.05) is 11.6 Å². The summed E-state index contributed by atoms with van der Waals surface area (Å²) in [4.78, 5) is 23.7. The first-order valence-corrected chi connectivity index (χ1v) is 8.20. The highest BCUT2D eigenvalue weighted by molar-refractivity contribution is 6.35. The Morgan fingerprint density at radius 3 is 2.68 bits per heavy atom. The quantitative estimate of drug-likeness (QED) is 0.649. The topological polar surface area (TPSA) is 89.7 Å². The highest BCUT2D eigenvalue weighted by atomic mass is 35.5. The second kappa shape index (κ2) is 5.03. The van der Waals surface area contributed by atoms with Crippen molar-refractivity contribution in [3.05, 3.63) is 67.7 Å². The van der Waals surface area contributed by atoms with E-state index < -0.39 is 22.4 Å². The number of ether oxygens (including phenoxy) is 1. The summed E-state index contributed by atoms with van der Waals surface area (Å²) in [6.07, 6.45) is 0. The van der Waals surface area contributed by atoms with Crippen molar-refractivity contribution in [1.82, 2.24) is 0 Å². The van der Waals surface area contributed by atoms with Crippen LogP contribution in [0.4, 0.5) is 5.69 Å². The lowest BCUT2D eigenvalue weighted by Crippen LogP contribution is -2.33. The molecular weight excluding hydrogens is 346 g/mol. The monoisotopic (exact) mass is 359 g/mol. The Bertz CT molecular complexity index is 955. The molecule has 2 aromatic carbocycles. The van der Waals surface area contributed by atoms with Crippen LogP contribution in [0.2, 0.25) is 5.02 Å². The number of carbonyl (C=O) groups excluding carboxylic acids is 1. The van der Waals surface area contributed by atoms with Crippen LogP contribution in [0.3, 0.4) is 0 Å². The number of nitro groups is 1. The molecule has 0 saturated carbocycles. The Kier molecular flexibility index (Phi) is 3.23. The SMILES string of the molecule is CC(C)c1ccc2c(c1)OC1(O)c3c([N+](=O)[O-])ccc(Cl)c3C(=O)C21. The van der Waals surface area contributed by atoms with Gasteiger partial charge >= 0.3 is 0 Å². The average Bonchev–Trinajstić information content (AvgIpc) is 2.96. The summed E-state index contributed by atoms with van der Waals surface area (Å²) in [6.45, 7) is 4.02. The minimum atomic E-state index is -2.11. The van der Waals surface area contributed by atoms with E-state index in [4.69, 9.17) is 16.3 Å². The van der Waals surface area contributed by atoms with Crippen molar-refractivity contribution in [3.63, 3.8) is 0 Å². The Hall–Kier alpha value is -2.44. The minimum Gasteiger partial charge on any atom is -0.456 e. The number of rotatable bonds is 2. The van der Waals surface area contributed by atoms with Crippen molar-refractivity contribution in [2.75, 3.05) is 0 Å². The maximum atomic E-state index is 12.9. The molecule has 1 heterocycles. The lowest BCUT2D eigenvalue weighted by Gasteiger charge is -2.22. The predicted molar refractivity (Wildman–Crippen MR) is 90.2 cm³/mol. The molecule has 25 heavy (non-hydrogen) atoms. The van der Waals surface area contributed by atoms with Gasteiger partial charge in [0.2, 0.25) is 0 Å². The number of hydrogen-bond donors (Lipinski definition) is 1. The molecular formula is C18H14ClNO5. The van der Waals surface area contributed by atoms with Crippen molar-refractivity contribution in [1.29, 1.82) is 0 Å². The summed E-state index contributed by atoms with van der Waals surface area (Å²) < 4.78 is 5.72. The molecule has 128 valence electrons. The molecule has 0 aromatic heterocycles. The van der Waals surface area contributed by atoms with Crippen LogP contribution in [-0.4, -0.2) is 15.8 Å². The molecule has 4 rings (SSSR count). The second-order valence-electron chi connectivity index (χ2n) is 6.62. The summed E-state index contributed by atoms with van der Waals surface area (Å²) in [5.41, 5.74) is 0.910. The van der Waals surface area contributed by atoms with Gasteiger partial charge in [0.1, 0.15) is 17.2 Å². The van der Waals surface area contributed by atoms with E-state index in [1.807, 2.05) is 19.9 Å². The number of aliphatic hydroxyl groups is 1. The fraction of sp³-hybridized carbons (Fsp3) is 0.278. The van der Waals surface area contributed by atoms with Crippen molar-refractivity contribution >= 4 is 23.1 Å². The van der Waals surface area contributed by atoms with Crippen LogP contribution in [0.15, 0.2) is 30.3 Å². The molecule has 0 amide bonds. The lowest BCUT2D eigenvalue weighted by molar-refractivity contribution is -0.387. The number of nitrogens with zero attached hydrogens (tertiary/aromatic N) is 1. The van der Waals surface area contributed by atoms with E-state index in [9.17, 15) is 20.0 Å². The van der Waals surface area contributed by atoms with Gasteiger partial charge in [-0.3, -0.25) is 14.9 Å². The molecule has 1 aliphatic carbocycles. The van der Waals surface area contributed by atoms with E-state index in [0.717, 1.165) is 5.56 Å². The van der Waals surface area contributed by atoms with E-state index >= 15 is 0 Å². The predicted octanol–water partition coefficient (Wildman–Crippen LogP) is 3.89. The molecule has 0 spiro atoms. The molecule has 2 unspecified atom stereocenters.